The molecule has 0 unspecified atom stereocenters. The van der Waals surface area contributed by atoms with E-state index >= 15 is 0 Å². The van der Waals surface area contributed by atoms with E-state index in [4.69, 9.17) is 11.6 Å². The summed E-state index contributed by atoms with van der Waals surface area (Å²) in [4.78, 5) is 14.4. The van der Waals surface area contributed by atoms with Crippen LogP contribution >= 0.6 is 11.6 Å². The van der Waals surface area contributed by atoms with Crippen LogP contribution in [-0.2, 0) is 7.05 Å². The Morgan fingerprint density at radius 3 is 2.38 bits per heavy atom. The fraction of sp³-hybridized carbons (Fsp3) is 0.333. The number of carbonyl (C=O) groups excluding carboxylic acids is 1. The van der Waals surface area contributed by atoms with E-state index in [1.54, 1.807) is 7.05 Å². The molecule has 0 radical (unpaired) electrons. The highest BCUT2D eigenvalue weighted by atomic mass is 35.5. The minimum atomic E-state index is -0.268. The predicted octanol–water partition coefficient (Wildman–Crippen LogP) is 3.17. The molecular formula is C15H19ClN4O. The van der Waals surface area contributed by atoms with Gasteiger partial charge in [0.05, 0.1) is 11.2 Å². The zero-order valence-electron chi connectivity index (χ0n) is 12.4. The number of aromatic nitrogens is 2. The van der Waals surface area contributed by atoms with Crippen molar-refractivity contribution in [1.29, 1.82) is 0 Å². The van der Waals surface area contributed by atoms with Crippen LogP contribution in [0.3, 0.4) is 0 Å². The highest BCUT2D eigenvalue weighted by molar-refractivity contribution is 6.34. The molecule has 1 aromatic carbocycles. The van der Waals surface area contributed by atoms with Gasteiger partial charge in [0.15, 0.2) is 0 Å². The molecule has 0 spiro atoms. The third-order valence-electron chi connectivity index (χ3n) is 3.36. The molecule has 21 heavy (non-hydrogen) atoms. The van der Waals surface area contributed by atoms with Gasteiger partial charge in [-0.25, -0.2) is 0 Å². The van der Waals surface area contributed by atoms with E-state index in [1.807, 2.05) is 24.3 Å². The normalized spacial score (nSPS) is 10.5. The number of hydrogen-bond donors (Lipinski definition) is 1. The van der Waals surface area contributed by atoms with Crippen molar-refractivity contribution >= 4 is 28.9 Å². The molecule has 1 amide bonds. The molecule has 2 aromatic rings. The number of rotatable bonds is 5. The molecule has 1 aromatic heterocycles. The second-order valence-electron chi connectivity index (χ2n) is 4.64. The number of halogens is 1. The van der Waals surface area contributed by atoms with E-state index in [0.717, 1.165) is 24.5 Å². The van der Waals surface area contributed by atoms with Crippen LogP contribution in [0.15, 0.2) is 30.5 Å². The molecule has 0 saturated carbocycles. The first-order chi connectivity index (χ1) is 10.1. The Hall–Kier alpha value is -2.01. The Balaban J connectivity index is 2.12. The van der Waals surface area contributed by atoms with Crippen LogP contribution in [0, 0.1) is 0 Å². The van der Waals surface area contributed by atoms with Gasteiger partial charge in [-0.15, -0.1) is 0 Å². The Morgan fingerprint density at radius 1 is 1.29 bits per heavy atom. The quantitative estimate of drug-likeness (QED) is 0.923. The Morgan fingerprint density at radius 2 is 1.90 bits per heavy atom. The summed E-state index contributed by atoms with van der Waals surface area (Å²) in [5.74, 6) is -0.268. The van der Waals surface area contributed by atoms with Gasteiger partial charge in [0.2, 0.25) is 0 Å². The maximum atomic E-state index is 12.2. The van der Waals surface area contributed by atoms with Crippen LogP contribution in [0.1, 0.15) is 24.3 Å². The molecule has 0 bridgehead atoms. The lowest BCUT2D eigenvalue weighted by Gasteiger charge is -2.21. The number of aryl methyl sites for hydroxylation is 1. The first-order valence-corrected chi connectivity index (χ1v) is 7.28. The molecule has 0 saturated heterocycles. The first kappa shape index (κ1) is 15.4. The molecule has 0 aliphatic heterocycles. The van der Waals surface area contributed by atoms with Gasteiger partial charge in [0.1, 0.15) is 5.69 Å². The van der Waals surface area contributed by atoms with Crippen molar-refractivity contribution in [3.8, 4) is 0 Å². The topological polar surface area (TPSA) is 50.2 Å². The monoisotopic (exact) mass is 306 g/mol. The SMILES string of the molecule is CCN(CC)c1ccc(NC(=O)c2c(Cl)cnn2C)cc1. The summed E-state index contributed by atoms with van der Waals surface area (Å²) in [5.41, 5.74) is 2.22. The smallest absolute Gasteiger partial charge is 0.275 e. The number of benzene rings is 1. The molecule has 0 aliphatic rings. The third-order valence-corrected chi connectivity index (χ3v) is 3.64. The predicted molar refractivity (Wildman–Crippen MR) is 86.2 cm³/mol. The van der Waals surface area contributed by atoms with E-state index in [-0.39, 0.29) is 5.91 Å². The number of amides is 1. The largest absolute Gasteiger partial charge is 0.372 e. The number of carbonyl (C=O) groups is 1. The van der Waals surface area contributed by atoms with Crippen LogP contribution in [0.2, 0.25) is 5.02 Å². The standard InChI is InChI=1S/C15H19ClN4O/c1-4-20(5-2)12-8-6-11(7-9-12)18-15(21)14-13(16)10-17-19(14)3/h6-10H,4-5H2,1-3H3,(H,18,21). The van der Waals surface area contributed by atoms with Gasteiger partial charge in [-0.2, -0.15) is 5.10 Å². The van der Waals surface area contributed by atoms with Gasteiger partial charge < -0.3 is 10.2 Å². The molecule has 2 rings (SSSR count). The van der Waals surface area contributed by atoms with Gasteiger partial charge in [0.25, 0.3) is 5.91 Å². The van der Waals surface area contributed by atoms with Crippen LogP contribution in [0.25, 0.3) is 0 Å². The average molecular weight is 307 g/mol. The second kappa shape index (κ2) is 6.63. The summed E-state index contributed by atoms with van der Waals surface area (Å²) in [6.45, 7) is 6.13. The van der Waals surface area contributed by atoms with Crippen molar-refractivity contribution in [2.45, 2.75) is 13.8 Å². The lowest BCUT2D eigenvalue weighted by Crippen LogP contribution is -2.21. The Bertz CT molecular complexity index is 598. The molecule has 1 heterocycles. The average Bonchev–Trinajstić information content (AvgIpc) is 2.81. The Kier molecular flexibility index (Phi) is 4.85. The summed E-state index contributed by atoms with van der Waals surface area (Å²) in [5, 5.41) is 7.12. The molecule has 0 atom stereocenters. The Labute approximate surface area is 129 Å². The van der Waals surface area contributed by atoms with Gasteiger partial charge in [-0.3, -0.25) is 9.48 Å². The molecular weight excluding hydrogens is 288 g/mol. The third kappa shape index (κ3) is 3.36. The second-order valence-corrected chi connectivity index (χ2v) is 5.05. The highest BCUT2D eigenvalue weighted by Crippen LogP contribution is 2.20. The van der Waals surface area contributed by atoms with Crippen molar-refractivity contribution in [1.82, 2.24) is 9.78 Å². The highest BCUT2D eigenvalue weighted by Gasteiger charge is 2.15. The van der Waals surface area contributed by atoms with Crippen LogP contribution < -0.4 is 10.2 Å². The van der Waals surface area contributed by atoms with Crippen molar-refractivity contribution in [2.24, 2.45) is 7.05 Å². The summed E-state index contributed by atoms with van der Waals surface area (Å²) < 4.78 is 1.46. The van der Waals surface area contributed by atoms with Gasteiger partial charge >= 0.3 is 0 Å². The maximum Gasteiger partial charge on any atom is 0.275 e. The van der Waals surface area contributed by atoms with E-state index in [9.17, 15) is 4.79 Å². The summed E-state index contributed by atoms with van der Waals surface area (Å²) in [7, 11) is 1.68. The van der Waals surface area contributed by atoms with E-state index in [1.165, 1.54) is 10.9 Å². The van der Waals surface area contributed by atoms with E-state index in [0.29, 0.717) is 10.7 Å². The zero-order chi connectivity index (χ0) is 15.4. The van der Waals surface area contributed by atoms with Crippen molar-refractivity contribution < 1.29 is 4.79 Å². The molecule has 1 N–H and O–H groups in total. The summed E-state index contributed by atoms with van der Waals surface area (Å²) in [6, 6.07) is 7.76. The van der Waals surface area contributed by atoms with E-state index in [2.05, 4.69) is 29.2 Å². The van der Waals surface area contributed by atoms with Gasteiger partial charge in [-0.1, -0.05) is 11.6 Å². The van der Waals surface area contributed by atoms with Crippen molar-refractivity contribution in [3.63, 3.8) is 0 Å². The maximum absolute atomic E-state index is 12.2. The summed E-state index contributed by atoms with van der Waals surface area (Å²) >= 11 is 5.96. The van der Waals surface area contributed by atoms with E-state index < -0.39 is 0 Å². The fourth-order valence-corrected chi connectivity index (χ4v) is 2.45. The molecule has 0 aliphatic carbocycles. The molecule has 6 heteroatoms. The fourth-order valence-electron chi connectivity index (χ4n) is 2.20. The van der Waals surface area contributed by atoms with Crippen molar-refractivity contribution in [2.75, 3.05) is 23.3 Å². The number of anilines is 2. The lowest BCUT2D eigenvalue weighted by molar-refractivity contribution is 0.101. The van der Waals surface area contributed by atoms with Crippen LogP contribution in [0.4, 0.5) is 11.4 Å². The number of nitrogens with one attached hydrogen (secondary N) is 1. The summed E-state index contributed by atoms with van der Waals surface area (Å²) in [6.07, 6.45) is 1.46. The van der Waals surface area contributed by atoms with Gasteiger partial charge in [0, 0.05) is 31.5 Å². The van der Waals surface area contributed by atoms with Crippen LogP contribution in [-0.4, -0.2) is 28.8 Å². The first-order valence-electron chi connectivity index (χ1n) is 6.90. The number of hydrogen-bond acceptors (Lipinski definition) is 3. The van der Waals surface area contributed by atoms with Crippen LogP contribution in [0.5, 0.6) is 0 Å². The van der Waals surface area contributed by atoms with Crippen molar-refractivity contribution in [3.05, 3.63) is 41.2 Å². The van der Waals surface area contributed by atoms with Gasteiger partial charge in [-0.05, 0) is 38.1 Å². The lowest BCUT2D eigenvalue weighted by atomic mass is 10.2. The molecule has 112 valence electrons. The molecule has 0 fully saturated rings. The minimum Gasteiger partial charge on any atom is -0.372 e. The zero-order valence-corrected chi connectivity index (χ0v) is 13.2. The molecule has 5 nitrogen and oxygen atoms in total. The minimum absolute atomic E-state index is 0.268. The number of nitrogens with zero attached hydrogens (tertiary/aromatic N) is 3.